The van der Waals surface area contributed by atoms with E-state index in [1.54, 1.807) is 0 Å². The lowest BCUT2D eigenvalue weighted by atomic mass is 10.2. The molecule has 0 atom stereocenters. The molecule has 5 nitrogen and oxygen atoms in total. The second kappa shape index (κ2) is 5.46. The van der Waals surface area contributed by atoms with Crippen molar-refractivity contribution in [1.29, 1.82) is 0 Å². The lowest BCUT2D eigenvalue weighted by molar-refractivity contribution is 0.101. The predicted octanol–water partition coefficient (Wildman–Crippen LogP) is 3.50. The fraction of sp³-hybridized carbons (Fsp3) is 0.214. The number of amides is 1. The number of carbonyl (C=O) groups is 1. The molecule has 1 N–H and O–H groups in total. The molecule has 0 unspecified atom stereocenters. The van der Waals surface area contributed by atoms with Gasteiger partial charge in [-0.25, -0.2) is 0 Å². The first-order valence-electron chi connectivity index (χ1n) is 6.47. The van der Waals surface area contributed by atoms with E-state index >= 15 is 0 Å². The third kappa shape index (κ3) is 2.64. The summed E-state index contributed by atoms with van der Waals surface area (Å²) in [6, 6.07) is 7.38. The van der Waals surface area contributed by atoms with Crippen LogP contribution in [0.15, 0.2) is 24.3 Å². The summed E-state index contributed by atoms with van der Waals surface area (Å²) in [5.74, 6) is -0.205. The zero-order chi connectivity index (χ0) is 15.0. The van der Waals surface area contributed by atoms with Gasteiger partial charge in [0.2, 0.25) is 5.13 Å². The van der Waals surface area contributed by atoms with Crippen molar-refractivity contribution in [2.24, 2.45) is 7.05 Å². The SMILES string of the molecule is CCc1nnc(NC(=O)c2cc3ccc(Cl)cc3n2C)s1. The van der Waals surface area contributed by atoms with Crippen LogP contribution in [0.2, 0.25) is 5.02 Å². The summed E-state index contributed by atoms with van der Waals surface area (Å²) in [5, 5.41) is 13.8. The third-order valence-corrected chi connectivity index (χ3v) is 4.45. The Bertz CT molecular complexity index is 824. The first kappa shape index (κ1) is 14.0. The summed E-state index contributed by atoms with van der Waals surface area (Å²) >= 11 is 7.38. The smallest absolute Gasteiger partial charge is 0.274 e. The molecule has 1 amide bonds. The van der Waals surface area contributed by atoms with E-state index < -0.39 is 0 Å². The molecule has 0 aliphatic heterocycles. The minimum Gasteiger partial charge on any atom is -0.340 e. The fourth-order valence-corrected chi connectivity index (χ4v) is 2.97. The Kier molecular flexibility index (Phi) is 3.65. The van der Waals surface area contributed by atoms with Gasteiger partial charge in [-0.15, -0.1) is 10.2 Å². The summed E-state index contributed by atoms with van der Waals surface area (Å²) in [5.41, 5.74) is 1.47. The monoisotopic (exact) mass is 320 g/mol. The maximum atomic E-state index is 12.4. The van der Waals surface area contributed by atoms with Gasteiger partial charge in [0, 0.05) is 23.0 Å². The molecule has 1 aromatic carbocycles. The minimum atomic E-state index is -0.205. The Labute approximate surface area is 130 Å². The van der Waals surface area contributed by atoms with E-state index in [-0.39, 0.29) is 5.91 Å². The Hall–Kier alpha value is -1.92. The van der Waals surface area contributed by atoms with Crippen LogP contribution in [0.25, 0.3) is 10.9 Å². The first-order valence-corrected chi connectivity index (χ1v) is 7.66. The van der Waals surface area contributed by atoms with Crippen molar-refractivity contribution in [3.8, 4) is 0 Å². The fourth-order valence-electron chi connectivity index (χ4n) is 2.13. The van der Waals surface area contributed by atoms with E-state index in [0.717, 1.165) is 22.3 Å². The number of rotatable bonds is 3. The van der Waals surface area contributed by atoms with Gasteiger partial charge in [-0.05, 0) is 24.6 Å². The van der Waals surface area contributed by atoms with Gasteiger partial charge in [0.05, 0.1) is 0 Å². The van der Waals surface area contributed by atoms with Crippen LogP contribution in [-0.2, 0) is 13.5 Å². The van der Waals surface area contributed by atoms with Gasteiger partial charge in [0.1, 0.15) is 10.7 Å². The molecule has 0 aliphatic carbocycles. The molecule has 0 saturated carbocycles. The van der Waals surface area contributed by atoms with Gasteiger partial charge in [0.25, 0.3) is 5.91 Å². The number of carbonyl (C=O) groups excluding carboxylic acids is 1. The number of anilines is 1. The highest BCUT2D eigenvalue weighted by atomic mass is 35.5. The van der Waals surface area contributed by atoms with Gasteiger partial charge in [0.15, 0.2) is 0 Å². The average Bonchev–Trinajstić information content (AvgIpc) is 3.04. The summed E-state index contributed by atoms with van der Waals surface area (Å²) in [6.45, 7) is 2.00. The Balaban J connectivity index is 1.92. The Morgan fingerprint density at radius 2 is 2.19 bits per heavy atom. The summed E-state index contributed by atoms with van der Waals surface area (Å²) < 4.78 is 1.82. The number of fused-ring (bicyclic) bond motifs is 1. The highest BCUT2D eigenvalue weighted by Gasteiger charge is 2.15. The number of hydrogen-bond acceptors (Lipinski definition) is 4. The van der Waals surface area contributed by atoms with E-state index in [0.29, 0.717) is 15.8 Å². The lowest BCUT2D eigenvalue weighted by Crippen LogP contribution is -2.15. The number of benzene rings is 1. The van der Waals surface area contributed by atoms with Crippen LogP contribution in [0.3, 0.4) is 0 Å². The molecular weight excluding hydrogens is 308 g/mol. The molecule has 108 valence electrons. The van der Waals surface area contributed by atoms with Gasteiger partial charge in [-0.3, -0.25) is 10.1 Å². The van der Waals surface area contributed by atoms with Crippen LogP contribution in [0.4, 0.5) is 5.13 Å². The predicted molar refractivity (Wildman–Crippen MR) is 85.2 cm³/mol. The van der Waals surface area contributed by atoms with Gasteiger partial charge < -0.3 is 4.57 Å². The maximum absolute atomic E-state index is 12.4. The van der Waals surface area contributed by atoms with Crippen molar-refractivity contribution in [2.75, 3.05) is 5.32 Å². The highest BCUT2D eigenvalue weighted by Crippen LogP contribution is 2.23. The van der Waals surface area contributed by atoms with E-state index in [9.17, 15) is 4.79 Å². The van der Waals surface area contributed by atoms with Gasteiger partial charge in [-0.2, -0.15) is 0 Å². The van der Waals surface area contributed by atoms with Crippen LogP contribution < -0.4 is 5.32 Å². The van der Waals surface area contributed by atoms with Crippen molar-refractivity contribution in [1.82, 2.24) is 14.8 Å². The molecular formula is C14H13ClN4OS. The molecule has 2 heterocycles. The van der Waals surface area contributed by atoms with E-state index in [2.05, 4.69) is 15.5 Å². The highest BCUT2D eigenvalue weighted by molar-refractivity contribution is 7.15. The lowest BCUT2D eigenvalue weighted by Gasteiger charge is -2.03. The summed E-state index contributed by atoms with van der Waals surface area (Å²) in [7, 11) is 1.84. The van der Waals surface area contributed by atoms with Crippen molar-refractivity contribution < 1.29 is 4.79 Å². The van der Waals surface area contributed by atoms with E-state index in [1.807, 2.05) is 42.8 Å². The van der Waals surface area contributed by atoms with Crippen molar-refractivity contribution in [3.63, 3.8) is 0 Å². The number of aromatic nitrogens is 3. The quantitative estimate of drug-likeness (QED) is 0.803. The zero-order valence-electron chi connectivity index (χ0n) is 11.6. The molecule has 0 radical (unpaired) electrons. The molecule has 0 saturated heterocycles. The second-order valence-corrected chi connectivity index (χ2v) is 6.10. The van der Waals surface area contributed by atoms with Crippen LogP contribution in [0.5, 0.6) is 0 Å². The van der Waals surface area contributed by atoms with Crippen molar-refractivity contribution in [2.45, 2.75) is 13.3 Å². The number of nitrogens with zero attached hydrogens (tertiary/aromatic N) is 3. The number of hydrogen-bond donors (Lipinski definition) is 1. The number of aryl methyl sites for hydroxylation is 2. The molecule has 0 bridgehead atoms. The van der Waals surface area contributed by atoms with E-state index in [1.165, 1.54) is 11.3 Å². The summed E-state index contributed by atoms with van der Waals surface area (Å²) in [6.07, 6.45) is 0.806. The first-order chi connectivity index (χ1) is 10.1. The van der Waals surface area contributed by atoms with Crippen LogP contribution in [-0.4, -0.2) is 20.7 Å². The maximum Gasteiger partial charge on any atom is 0.274 e. The van der Waals surface area contributed by atoms with Crippen molar-refractivity contribution in [3.05, 3.63) is 40.0 Å². The molecule has 3 rings (SSSR count). The van der Waals surface area contributed by atoms with Gasteiger partial charge >= 0.3 is 0 Å². The Morgan fingerprint density at radius 3 is 2.90 bits per heavy atom. The van der Waals surface area contributed by atoms with Crippen LogP contribution in [0.1, 0.15) is 22.4 Å². The van der Waals surface area contributed by atoms with Crippen LogP contribution >= 0.6 is 22.9 Å². The molecule has 7 heteroatoms. The minimum absolute atomic E-state index is 0.205. The van der Waals surface area contributed by atoms with Gasteiger partial charge in [-0.1, -0.05) is 35.9 Å². The van der Waals surface area contributed by atoms with E-state index in [4.69, 9.17) is 11.6 Å². The number of halogens is 1. The molecule has 2 aromatic heterocycles. The molecule has 21 heavy (non-hydrogen) atoms. The third-order valence-electron chi connectivity index (χ3n) is 3.23. The molecule has 0 fully saturated rings. The Morgan fingerprint density at radius 1 is 1.38 bits per heavy atom. The second-order valence-electron chi connectivity index (χ2n) is 4.60. The van der Waals surface area contributed by atoms with Crippen molar-refractivity contribution >= 4 is 44.9 Å². The topological polar surface area (TPSA) is 59.8 Å². The van der Waals surface area contributed by atoms with Crippen LogP contribution in [0, 0.1) is 0 Å². The summed E-state index contributed by atoms with van der Waals surface area (Å²) in [4.78, 5) is 12.4. The molecule has 3 aromatic rings. The molecule has 0 spiro atoms. The standard InChI is InChI=1S/C14H13ClN4OS/c1-3-12-17-18-14(21-12)16-13(20)11-6-8-4-5-9(15)7-10(8)19(11)2/h4-7H,3H2,1-2H3,(H,16,18,20). The zero-order valence-corrected chi connectivity index (χ0v) is 13.1. The molecule has 0 aliphatic rings. The number of nitrogens with one attached hydrogen (secondary N) is 1. The largest absolute Gasteiger partial charge is 0.340 e. The average molecular weight is 321 g/mol. The normalized spacial score (nSPS) is 11.0.